The van der Waals surface area contributed by atoms with Crippen molar-refractivity contribution in [3.8, 4) is 11.1 Å². The summed E-state index contributed by atoms with van der Waals surface area (Å²) in [6.07, 6.45) is -0.547. The summed E-state index contributed by atoms with van der Waals surface area (Å²) in [7, 11) is 0. The first kappa shape index (κ1) is 13.8. The number of aromatic nitrogens is 2. The summed E-state index contributed by atoms with van der Waals surface area (Å²) in [6, 6.07) is 3.53. The van der Waals surface area contributed by atoms with E-state index in [1.54, 1.807) is 0 Å². The number of oxime groups is 1. The van der Waals surface area contributed by atoms with E-state index in [9.17, 15) is 13.2 Å². The summed E-state index contributed by atoms with van der Waals surface area (Å²) in [5.41, 5.74) is 5.17. The third-order valence-corrected chi connectivity index (χ3v) is 2.48. The van der Waals surface area contributed by atoms with Crippen LogP contribution in [-0.2, 0) is 0 Å². The van der Waals surface area contributed by atoms with E-state index in [0.717, 1.165) is 18.3 Å². The van der Waals surface area contributed by atoms with Crippen molar-refractivity contribution >= 4 is 5.84 Å². The molecule has 2 aromatic rings. The van der Waals surface area contributed by atoms with Gasteiger partial charge in [0, 0.05) is 11.8 Å². The molecule has 2 aromatic heterocycles. The lowest BCUT2D eigenvalue weighted by Crippen LogP contribution is -2.16. The van der Waals surface area contributed by atoms with Gasteiger partial charge in [0.05, 0.1) is 6.20 Å². The fraction of sp³-hybridized carbons (Fsp3) is 0.0833. The predicted molar refractivity (Wildman–Crippen MR) is 64.9 cm³/mol. The number of hydrogen-bond donors (Lipinski definition) is 2. The van der Waals surface area contributed by atoms with E-state index < -0.39 is 23.8 Å². The van der Waals surface area contributed by atoms with E-state index in [-0.39, 0.29) is 16.8 Å². The van der Waals surface area contributed by atoms with Gasteiger partial charge in [-0.05, 0) is 23.8 Å². The third kappa shape index (κ3) is 2.85. The summed E-state index contributed by atoms with van der Waals surface area (Å²) in [5.74, 6) is -1.03. The summed E-state index contributed by atoms with van der Waals surface area (Å²) in [5, 5.41) is 11.3. The fourth-order valence-electron chi connectivity index (χ4n) is 1.58. The molecule has 0 atom stereocenters. The van der Waals surface area contributed by atoms with Gasteiger partial charge < -0.3 is 10.9 Å². The van der Waals surface area contributed by atoms with E-state index in [2.05, 4.69) is 15.1 Å². The highest BCUT2D eigenvalue weighted by Gasteiger charge is 2.15. The van der Waals surface area contributed by atoms with Crippen molar-refractivity contribution < 1.29 is 18.4 Å². The van der Waals surface area contributed by atoms with Gasteiger partial charge in [0.2, 0.25) is 0 Å². The Morgan fingerprint density at radius 2 is 1.95 bits per heavy atom. The first-order chi connectivity index (χ1) is 9.51. The molecule has 0 spiro atoms. The predicted octanol–water partition coefficient (Wildman–Crippen LogP) is 2.31. The van der Waals surface area contributed by atoms with E-state index in [1.165, 1.54) is 12.3 Å². The van der Waals surface area contributed by atoms with Crippen LogP contribution in [0.5, 0.6) is 0 Å². The van der Waals surface area contributed by atoms with Gasteiger partial charge in [-0.3, -0.25) is 4.98 Å². The lowest BCUT2D eigenvalue weighted by molar-refractivity contribution is 0.146. The highest BCUT2D eigenvalue weighted by atomic mass is 19.3. The van der Waals surface area contributed by atoms with Crippen molar-refractivity contribution in [1.82, 2.24) is 9.97 Å². The Kier molecular flexibility index (Phi) is 3.83. The average molecular weight is 282 g/mol. The smallest absolute Gasteiger partial charge is 0.280 e. The zero-order chi connectivity index (χ0) is 14.7. The lowest BCUT2D eigenvalue weighted by atomic mass is 10.1. The quantitative estimate of drug-likeness (QED) is 0.391. The van der Waals surface area contributed by atoms with Gasteiger partial charge in [0.1, 0.15) is 17.2 Å². The molecule has 0 radical (unpaired) electrons. The Hall–Kier alpha value is -2.64. The standard InChI is InChI=1S/C12H9F3N4O/c13-8-1-7(4-17-5-8)6-2-9(11(14)15)18-10(3-6)12(16)19-20/h1-5,11,20H,(H2,16,19). The second-order valence-electron chi connectivity index (χ2n) is 3.84. The Bertz CT molecular complexity index is 661. The summed E-state index contributed by atoms with van der Waals surface area (Å²) in [4.78, 5) is 7.21. The molecule has 0 aliphatic heterocycles. The third-order valence-electron chi connectivity index (χ3n) is 2.48. The molecule has 3 N–H and O–H groups in total. The van der Waals surface area contributed by atoms with Gasteiger partial charge in [0.25, 0.3) is 6.43 Å². The van der Waals surface area contributed by atoms with E-state index in [4.69, 9.17) is 10.9 Å². The van der Waals surface area contributed by atoms with Crippen molar-refractivity contribution in [2.75, 3.05) is 0 Å². The maximum atomic E-state index is 13.1. The summed E-state index contributed by atoms with van der Waals surface area (Å²) < 4.78 is 38.7. The Labute approximate surface area is 111 Å². The lowest BCUT2D eigenvalue weighted by Gasteiger charge is -2.08. The molecule has 104 valence electrons. The number of amidine groups is 1. The van der Waals surface area contributed by atoms with Crippen LogP contribution in [0.1, 0.15) is 17.8 Å². The van der Waals surface area contributed by atoms with E-state index in [1.807, 2.05) is 0 Å². The first-order valence-electron chi connectivity index (χ1n) is 5.40. The number of pyridine rings is 2. The molecular weight excluding hydrogens is 273 g/mol. The molecule has 0 unspecified atom stereocenters. The molecule has 0 bridgehead atoms. The second-order valence-corrected chi connectivity index (χ2v) is 3.84. The topological polar surface area (TPSA) is 84.4 Å². The minimum atomic E-state index is -2.85. The maximum absolute atomic E-state index is 13.1. The molecule has 2 rings (SSSR count). The molecule has 0 aromatic carbocycles. The molecule has 8 heteroatoms. The van der Waals surface area contributed by atoms with Crippen LogP contribution in [0, 0.1) is 5.82 Å². The molecule has 20 heavy (non-hydrogen) atoms. The molecule has 0 saturated heterocycles. The van der Waals surface area contributed by atoms with Gasteiger partial charge >= 0.3 is 0 Å². The number of nitrogens with zero attached hydrogens (tertiary/aromatic N) is 3. The van der Waals surface area contributed by atoms with Gasteiger partial charge in [-0.1, -0.05) is 5.16 Å². The van der Waals surface area contributed by atoms with Crippen LogP contribution in [0.4, 0.5) is 13.2 Å². The highest BCUT2D eigenvalue weighted by Crippen LogP contribution is 2.25. The number of alkyl halides is 2. The number of halogens is 3. The average Bonchev–Trinajstić information content (AvgIpc) is 2.45. The van der Waals surface area contributed by atoms with Crippen molar-refractivity contribution in [1.29, 1.82) is 0 Å². The van der Waals surface area contributed by atoms with Crippen LogP contribution in [0.15, 0.2) is 35.7 Å². The molecule has 0 aliphatic carbocycles. The second kappa shape index (κ2) is 5.55. The van der Waals surface area contributed by atoms with Crippen molar-refractivity contribution in [3.63, 3.8) is 0 Å². The first-order valence-corrected chi connectivity index (χ1v) is 5.40. The van der Waals surface area contributed by atoms with Crippen molar-refractivity contribution in [2.45, 2.75) is 6.43 Å². The SMILES string of the molecule is N/C(=N\O)c1cc(-c2cncc(F)c2)cc(C(F)F)n1. The van der Waals surface area contributed by atoms with Gasteiger partial charge in [-0.15, -0.1) is 0 Å². The van der Waals surface area contributed by atoms with Crippen molar-refractivity contribution in [2.24, 2.45) is 10.9 Å². The van der Waals surface area contributed by atoms with Crippen LogP contribution in [-0.4, -0.2) is 21.0 Å². The molecule has 0 aliphatic rings. The zero-order valence-corrected chi connectivity index (χ0v) is 9.96. The number of nitrogens with two attached hydrogens (primary N) is 1. The van der Waals surface area contributed by atoms with Gasteiger partial charge in [0.15, 0.2) is 5.84 Å². The largest absolute Gasteiger partial charge is 0.409 e. The molecule has 0 fully saturated rings. The summed E-state index contributed by atoms with van der Waals surface area (Å²) in [6.45, 7) is 0. The zero-order valence-electron chi connectivity index (χ0n) is 9.96. The Morgan fingerprint density at radius 3 is 2.55 bits per heavy atom. The molecule has 0 amide bonds. The molecule has 2 heterocycles. The minimum Gasteiger partial charge on any atom is -0.409 e. The monoisotopic (exact) mass is 282 g/mol. The van der Waals surface area contributed by atoms with Gasteiger partial charge in [-0.2, -0.15) is 0 Å². The molecule has 5 nitrogen and oxygen atoms in total. The van der Waals surface area contributed by atoms with Crippen LogP contribution in [0.25, 0.3) is 11.1 Å². The summed E-state index contributed by atoms with van der Waals surface area (Å²) >= 11 is 0. The molecular formula is C12H9F3N4O. The van der Waals surface area contributed by atoms with E-state index in [0.29, 0.717) is 0 Å². The van der Waals surface area contributed by atoms with Gasteiger partial charge in [-0.25, -0.2) is 18.2 Å². The molecule has 0 saturated carbocycles. The Balaban J connectivity index is 2.60. The van der Waals surface area contributed by atoms with Crippen LogP contribution in [0.3, 0.4) is 0 Å². The van der Waals surface area contributed by atoms with Crippen LogP contribution < -0.4 is 5.73 Å². The highest BCUT2D eigenvalue weighted by molar-refractivity contribution is 5.96. The van der Waals surface area contributed by atoms with Crippen molar-refractivity contribution in [3.05, 3.63) is 47.8 Å². The fourth-order valence-corrected chi connectivity index (χ4v) is 1.58. The Morgan fingerprint density at radius 1 is 1.20 bits per heavy atom. The minimum absolute atomic E-state index is 0.135. The number of hydrogen-bond acceptors (Lipinski definition) is 4. The number of rotatable bonds is 3. The van der Waals surface area contributed by atoms with E-state index >= 15 is 0 Å². The van der Waals surface area contributed by atoms with Crippen LogP contribution >= 0.6 is 0 Å². The maximum Gasteiger partial charge on any atom is 0.280 e. The van der Waals surface area contributed by atoms with Crippen LogP contribution in [0.2, 0.25) is 0 Å². The normalized spacial score (nSPS) is 11.9.